The van der Waals surface area contributed by atoms with Crippen LogP contribution in [0.1, 0.15) is 23.7 Å². The van der Waals surface area contributed by atoms with Crippen LogP contribution in [0.4, 0.5) is 8.78 Å². The summed E-state index contributed by atoms with van der Waals surface area (Å²) in [7, 11) is 0. The van der Waals surface area contributed by atoms with Crippen LogP contribution < -0.4 is 0 Å². The lowest BCUT2D eigenvalue weighted by molar-refractivity contribution is 0.0124. The summed E-state index contributed by atoms with van der Waals surface area (Å²) in [4.78, 5) is 0. The molecule has 0 saturated carbocycles. The van der Waals surface area contributed by atoms with Crippen molar-refractivity contribution < 1.29 is 8.78 Å². The zero-order chi connectivity index (χ0) is 16.6. The summed E-state index contributed by atoms with van der Waals surface area (Å²) in [5.74, 6) is -2.98. The van der Waals surface area contributed by atoms with Crippen molar-refractivity contribution in [3.8, 4) is 16.9 Å². The molecule has 1 aromatic heterocycles. The molecule has 2 aromatic carbocycles. The molecule has 0 saturated heterocycles. The van der Waals surface area contributed by atoms with E-state index in [2.05, 4.69) is 5.10 Å². The van der Waals surface area contributed by atoms with Gasteiger partial charge >= 0.3 is 0 Å². The molecule has 1 heterocycles. The number of rotatable bonds is 3. The number of nitrogens with zero attached hydrogens (tertiary/aromatic N) is 2. The van der Waals surface area contributed by atoms with Crippen molar-refractivity contribution in [1.29, 1.82) is 0 Å². The Bertz CT molecular complexity index is 747. The Labute approximate surface area is 134 Å². The van der Waals surface area contributed by atoms with Gasteiger partial charge in [0.25, 0.3) is 5.92 Å². The maximum absolute atomic E-state index is 13.7. The van der Waals surface area contributed by atoms with Crippen molar-refractivity contribution in [2.75, 3.05) is 0 Å². The highest BCUT2D eigenvalue weighted by Gasteiger charge is 2.29. The Balaban J connectivity index is 2.18. The van der Waals surface area contributed by atoms with Gasteiger partial charge in [-0.2, -0.15) is 13.9 Å². The van der Waals surface area contributed by atoms with Gasteiger partial charge in [0.2, 0.25) is 0 Å². The molecule has 0 unspecified atom stereocenters. The SMILES string of the molecule is Cc1ccc(-c2cc(C(C)(F)F)nn2-c2ccc(C)cc2)cc1. The second-order valence-electron chi connectivity index (χ2n) is 5.92. The van der Waals surface area contributed by atoms with Crippen molar-refractivity contribution in [3.63, 3.8) is 0 Å². The maximum atomic E-state index is 13.7. The second-order valence-corrected chi connectivity index (χ2v) is 5.92. The molecule has 118 valence electrons. The van der Waals surface area contributed by atoms with Crippen LogP contribution in [-0.4, -0.2) is 9.78 Å². The molecule has 0 spiro atoms. The molecule has 4 heteroatoms. The molecule has 0 fully saturated rings. The molecular formula is C19H18F2N2. The lowest BCUT2D eigenvalue weighted by Crippen LogP contribution is -2.09. The average molecular weight is 312 g/mol. The van der Waals surface area contributed by atoms with Crippen LogP contribution in [0.2, 0.25) is 0 Å². The Kier molecular flexibility index (Phi) is 3.76. The highest BCUT2D eigenvalue weighted by atomic mass is 19.3. The van der Waals surface area contributed by atoms with Crippen LogP contribution in [0, 0.1) is 13.8 Å². The Morgan fingerprint density at radius 2 is 1.39 bits per heavy atom. The monoisotopic (exact) mass is 312 g/mol. The first kappa shape index (κ1) is 15.4. The van der Waals surface area contributed by atoms with E-state index in [1.54, 1.807) is 4.68 Å². The summed E-state index contributed by atoms with van der Waals surface area (Å²) >= 11 is 0. The van der Waals surface area contributed by atoms with Crippen molar-refractivity contribution in [3.05, 3.63) is 71.4 Å². The van der Waals surface area contributed by atoms with E-state index in [-0.39, 0.29) is 5.69 Å². The molecule has 0 atom stereocenters. The molecule has 3 aromatic rings. The third-order valence-electron chi connectivity index (χ3n) is 3.78. The molecule has 0 aliphatic rings. The predicted octanol–water partition coefficient (Wildman–Crippen LogP) is 5.27. The van der Waals surface area contributed by atoms with Gasteiger partial charge in [-0.25, -0.2) is 4.68 Å². The van der Waals surface area contributed by atoms with Crippen molar-refractivity contribution in [2.24, 2.45) is 0 Å². The molecule has 0 N–H and O–H groups in total. The van der Waals surface area contributed by atoms with Crippen molar-refractivity contribution >= 4 is 0 Å². The van der Waals surface area contributed by atoms with E-state index in [1.807, 2.05) is 62.4 Å². The van der Waals surface area contributed by atoms with Crippen LogP contribution in [-0.2, 0) is 5.92 Å². The normalized spacial score (nSPS) is 11.7. The first-order valence-corrected chi connectivity index (χ1v) is 7.47. The van der Waals surface area contributed by atoms with E-state index in [0.717, 1.165) is 29.3 Å². The van der Waals surface area contributed by atoms with E-state index in [0.29, 0.717) is 5.69 Å². The minimum Gasteiger partial charge on any atom is -0.233 e. The zero-order valence-electron chi connectivity index (χ0n) is 13.3. The highest BCUT2D eigenvalue weighted by Crippen LogP contribution is 2.32. The van der Waals surface area contributed by atoms with Gasteiger partial charge in [0, 0.05) is 12.5 Å². The molecule has 0 aliphatic heterocycles. The molecule has 2 nitrogen and oxygen atoms in total. The van der Waals surface area contributed by atoms with E-state index < -0.39 is 5.92 Å². The number of benzene rings is 2. The quantitative estimate of drug-likeness (QED) is 0.644. The zero-order valence-corrected chi connectivity index (χ0v) is 13.3. The van der Waals surface area contributed by atoms with E-state index in [1.165, 1.54) is 6.07 Å². The van der Waals surface area contributed by atoms with Gasteiger partial charge in [-0.3, -0.25) is 0 Å². The van der Waals surface area contributed by atoms with Gasteiger partial charge in [0.15, 0.2) is 0 Å². The van der Waals surface area contributed by atoms with E-state index in [9.17, 15) is 8.78 Å². The fourth-order valence-corrected chi connectivity index (χ4v) is 2.41. The average Bonchev–Trinajstić information content (AvgIpc) is 2.94. The third-order valence-corrected chi connectivity index (χ3v) is 3.78. The highest BCUT2D eigenvalue weighted by molar-refractivity contribution is 5.63. The largest absolute Gasteiger partial charge is 0.288 e. The number of aromatic nitrogens is 2. The fraction of sp³-hybridized carbons (Fsp3) is 0.211. The van der Waals surface area contributed by atoms with Crippen LogP contribution in [0.25, 0.3) is 16.9 Å². The summed E-state index contributed by atoms with van der Waals surface area (Å²) in [6.45, 7) is 4.85. The summed E-state index contributed by atoms with van der Waals surface area (Å²) in [5, 5.41) is 4.15. The van der Waals surface area contributed by atoms with Gasteiger partial charge in [-0.1, -0.05) is 47.5 Å². The summed E-state index contributed by atoms with van der Waals surface area (Å²) < 4.78 is 29.0. The number of aryl methyl sites for hydroxylation is 2. The van der Waals surface area contributed by atoms with Gasteiger partial charge < -0.3 is 0 Å². The van der Waals surface area contributed by atoms with Gasteiger partial charge in [-0.05, 0) is 32.0 Å². The number of hydrogen-bond donors (Lipinski definition) is 0. The molecule has 0 amide bonds. The number of alkyl halides is 2. The topological polar surface area (TPSA) is 17.8 Å². The number of hydrogen-bond acceptors (Lipinski definition) is 1. The first-order chi connectivity index (χ1) is 10.8. The maximum Gasteiger partial charge on any atom is 0.288 e. The van der Waals surface area contributed by atoms with E-state index >= 15 is 0 Å². The Morgan fingerprint density at radius 1 is 0.870 bits per heavy atom. The van der Waals surface area contributed by atoms with Gasteiger partial charge in [0.05, 0.1) is 11.4 Å². The molecule has 0 radical (unpaired) electrons. The standard InChI is InChI=1S/C19H18F2N2/c1-13-4-8-15(9-5-13)17-12-18(19(3,20)21)22-23(17)16-10-6-14(2)7-11-16/h4-12H,1-3H3. The summed E-state index contributed by atoms with van der Waals surface area (Å²) in [6, 6.07) is 16.9. The van der Waals surface area contributed by atoms with Crippen molar-refractivity contribution in [2.45, 2.75) is 26.7 Å². The Morgan fingerprint density at radius 3 is 1.91 bits per heavy atom. The molecular weight excluding hydrogens is 294 g/mol. The van der Waals surface area contributed by atoms with Gasteiger partial charge in [-0.15, -0.1) is 0 Å². The summed E-state index contributed by atoms with van der Waals surface area (Å²) in [5.41, 5.74) is 4.29. The van der Waals surface area contributed by atoms with Crippen molar-refractivity contribution in [1.82, 2.24) is 9.78 Å². The van der Waals surface area contributed by atoms with Crippen LogP contribution in [0.5, 0.6) is 0 Å². The van der Waals surface area contributed by atoms with E-state index in [4.69, 9.17) is 0 Å². The van der Waals surface area contributed by atoms with Crippen LogP contribution >= 0.6 is 0 Å². The number of halogens is 2. The smallest absolute Gasteiger partial charge is 0.233 e. The first-order valence-electron chi connectivity index (χ1n) is 7.47. The third kappa shape index (κ3) is 3.16. The molecule has 0 aliphatic carbocycles. The second kappa shape index (κ2) is 5.61. The Hall–Kier alpha value is -2.49. The molecule has 0 bridgehead atoms. The predicted molar refractivity (Wildman–Crippen MR) is 88.0 cm³/mol. The fourth-order valence-electron chi connectivity index (χ4n) is 2.41. The molecule has 3 rings (SSSR count). The minimum absolute atomic E-state index is 0.228. The lowest BCUT2D eigenvalue weighted by atomic mass is 10.1. The lowest BCUT2D eigenvalue weighted by Gasteiger charge is -2.08. The van der Waals surface area contributed by atoms with Gasteiger partial charge in [0.1, 0.15) is 5.69 Å². The molecule has 23 heavy (non-hydrogen) atoms. The minimum atomic E-state index is -2.98. The van der Waals surface area contributed by atoms with Crippen LogP contribution in [0.3, 0.4) is 0 Å². The van der Waals surface area contributed by atoms with Crippen LogP contribution in [0.15, 0.2) is 54.6 Å². The summed E-state index contributed by atoms with van der Waals surface area (Å²) in [6.07, 6.45) is 0.